The van der Waals surface area contributed by atoms with Crippen LogP contribution in [0, 0.1) is 0 Å². The maximum atomic E-state index is 12.3. The number of furan rings is 1. The zero-order chi connectivity index (χ0) is 19.5. The molecule has 2 aromatic heterocycles. The van der Waals surface area contributed by atoms with E-state index in [1.807, 2.05) is 25.2 Å². The lowest BCUT2D eigenvalue weighted by molar-refractivity contribution is 0.0951. The van der Waals surface area contributed by atoms with E-state index in [-0.39, 0.29) is 11.9 Å². The van der Waals surface area contributed by atoms with Gasteiger partial charge in [0, 0.05) is 41.9 Å². The highest BCUT2D eigenvalue weighted by Crippen LogP contribution is 2.31. The van der Waals surface area contributed by atoms with Gasteiger partial charge in [-0.1, -0.05) is 0 Å². The largest absolute Gasteiger partial charge is 0.497 e. The summed E-state index contributed by atoms with van der Waals surface area (Å²) in [7, 11) is 3.69. The average Bonchev–Trinajstić information content (AvgIpc) is 3.42. The van der Waals surface area contributed by atoms with Crippen LogP contribution in [0.1, 0.15) is 21.5 Å². The summed E-state index contributed by atoms with van der Waals surface area (Å²) < 4.78 is 10.4. The van der Waals surface area contributed by atoms with Crippen LogP contribution < -0.4 is 15.0 Å². The summed E-state index contributed by atoms with van der Waals surface area (Å²) in [6.45, 7) is 1.04. The first-order valence-electron chi connectivity index (χ1n) is 8.96. The number of rotatable bonds is 5. The first-order valence-corrected chi connectivity index (χ1v) is 9.90. The number of likely N-dealkylation sites (N-methyl/N-ethyl adjacent to an activating group) is 1. The average molecular weight is 395 g/mol. The molecule has 0 spiro atoms. The van der Waals surface area contributed by atoms with Gasteiger partial charge in [0.2, 0.25) is 0 Å². The molecule has 3 heterocycles. The zero-order valence-corrected chi connectivity index (χ0v) is 16.5. The number of nitrogens with zero attached hydrogens (tertiary/aromatic N) is 2. The third-order valence-electron chi connectivity index (χ3n) is 4.92. The molecule has 1 atom stereocenters. The predicted octanol–water partition coefficient (Wildman–Crippen LogP) is 3.44. The van der Waals surface area contributed by atoms with Gasteiger partial charge in [-0.25, -0.2) is 0 Å². The van der Waals surface area contributed by atoms with Crippen molar-refractivity contribution in [1.29, 1.82) is 0 Å². The molecule has 1 aliphatic rings. The second-order valence-electron chi connectivity index (χ2n) is 6.57. The summed E-state index contributed by atoms with van der Waals surface area (Å²) in [5.74, 6) is 0.637. The van der Waals surface area contributed by atoms with E-state index in [9.17, 15) is 4.79 Å². The van der Waals surface area contributed by atoms with Crippen molar-refractivity contribution < 1.29 is 13.9 Å². The summed E-state index contributed by atoms with van der Waals surface area (Å²) >= 11 is 1.65. The third kappa shape index (κ3) is 3.53. The number of hydrogen-bond acceptors (Lipinski definition) is 6. The van der Waals surface area contributed by atoms with Crippen LogP contribution >= 0.6 is 11.3 Å². The Bertz CT molecular complexity index is 981. The number of benzene rings is 1. The number of methoxy groups -OCH3 is 1. The monoisotopic (exact) mass is 395 g/mol. The molecule has 4 rings (SSSR count). The number of hydrogen-bond donors (Lipinski definition) is 1. The Morgan fingerprint density at radius 1 is 1.39 bits per heavy atom. The van der Waals surface area contributed by atoms with E-state index >= 15 is 0 Å². The van der Waals surface area contributed by atoms with E-state index < -0.39 is 0 Å². The van der Waals surface area contributed by atoms with Gasteiger partial charge in [-0.15, -0.1) is 0 Å². The van der Waals surface area contributed by atoms with Crippen LogP contribution in [0.25, 0.3) is 0 Å². The van der Waals surface area contributed by atoms with Crippen molar-refractivity contribution in [2.75, 3.05) is 32.1 Å². The highest BCUT2D eigenvalue weighted by molar-refractivity contribution is 7.08. The smallest absolute Gasteiger partial charge is 0.254 e. The van der Waals surface area contributed by atoms with Crippen molar-refractivity contribution in [3.8, 4) is 5.75 Å². The van der Waals surface area contributed by atoms with Crippen molar-refractivity contribution in [3.63, 3.8) is 0 Å². The molecule has 0 radical (unpaired) electrons. The molecular formula is C21H21N3O3S. The van der Waals surface area contributed by atoms with E-state index in [0.717, 1.165) is 28.3 Å². The number of amides is 1. The molecule has 144 valence electrons. The Balaban J connectivity index is 1.64. The van der Waals surface area contributed by atoms with Gasteiger partial charge in [-0.05, 0) is 29.6 Å². The number of aliphatic imine (C=N–C) groups is 1. The Labute approximate surface area is 167 Å². The molecule has 6 nitrogen and oxygen atoms in total. The molecule has 7 heteroatoms. The molecule has 3 aromatic rings. The highest BCUT2D eigenvalue weighted by atomic mass is 32.1. The normalized spacial score (nSPS) is 16.1. The Morgan fingerprint density at radius 2 is 2.29 bits per heavy atom. The maximum absolute atomic E-state index is 12.3. The van der Waals surface area contributed by atoms with Crippen LogP contribution in [0.5, 0.6) is 5.75 Å². The topological polar surface area (TPSA) is 67.1 Å². The fourth-order valence-corrected chi connectivity index (χ4v) is 3.93. The standard InChI is InChI=1S/C21H21N3O3S/c1-24-16(11-23-21(25)14-5-7-27-12-14)10-22-20(15-6-8-28-13-15)18-4-3-17(26-2)9-19(18)24/h3-9,12-13,16H,10-11H2,1-2H3,(H,23,25). The van der Waals surface area contributed by atoms with Crippen LogP contribution in [-0.4, -0.2) is 44.9 Å². The molecule has 28 heavy (non-hydrogen) atoms. The predicted molar refractivity (Wildman–Crippen MR) is 111 cm³/mol. The molecule has 0 saturated carbocycles. The van der Waals surface area contributed by atoms with Crippen molar-refractivity contribution >= 4 is 28.6 Å². The molecule has 1 aliphatic heterocycles. The van der Waals surface area contributed by atoms with Gasteiger partial charge in [0.25, 0.3) is 5.91 Å². The number of thiophene rings is 1. The molecule has 0 aliphatic carbocycles. The first kappa shape index (κ1) is 18.3. The summed E-state index contributed by atoms with van der Waals surface area (Å²) in [5, 5.41) is 7.14. The second-order valence-corrected chi connectivity index (χ2v) is 7.35. The number of anilines is 1. The third-order valence-corrected chi connectivity index (χ3v) is 5.61. The number of nitrogens with one attached hydrogen (secondary N) is 1. The quantitative estimate of drug-likeness (QED) is 0.719. The summed E-state index contributed by atoms with van der Waals surface area (Å²) in [6.07, 6.45) is 2.94. The summed E-state index contributed by atoms with van der Waals surface area (Å²) in [4.78, 5) is 19.4. The Hall–Kier alpha value is -3.06. The van der Waals surface area contributed by atoms with Crippen LogP contribution in [0.4, 0.5) is 5.69 Å². The molecule has 1 amide bonds. The van der Waals surface area contributed by atoms with E-state index in [1.54, 1.807) is 24.5 Å². The fourth-order valence-electron chi connectivity index (χ4n) is 3.29. The van der Waals surface area contributed by atoms with Crippen LogP contribution in [0.3, 0.4) is 0 Å². The second kappa shape index (κ2) is 7.90. The molecular weight excluding hydrogens is 374 g/mol. The lowest BCUT2D eigenvalue weighted by Crippen LogP contribution is -2.43. The molecule has 1 aromatic carbocycles. The van der Waals surface area contributed by atoms with Crippen molar-refractivity contribution in [2.24, 2.45) is 4.99 Å². The molecule has 0 bridgehead atoms. The lowest BCUT2D eigenvalue weighted by Gasteiger charge is -2.29. The summed E-state index contributed by atoms with van der Waals surface area (Å²) in [6, 6.07) is 9.77. The maximum Gasteiger partial charge on any atom is 0.254 e. The molecule has 0 saturated heterocycles. The van der Waals surface area contributed by atoms with E-state index in [0.29, 0.717) is 18.7 Å². The van der Waals surface area contributed by atoms with Gasteiger partial charge >= 0.3 is 0 Å². The number of benzodiazepines with no additional fused rings is 1. The van der Waals surface area contributed by atoms with E-state index in [2.05, 4.69) is 27.0 Å². The highest BCUT2D eigenvalue weighted by Gasteiger charge is 2.25. The molecule has 0 fully saturated rings. The Kier molecular flexibility index (Phi) is 5.16. The fraction of sp³-hybridized carbons (Fsp3) is 0.238. The van der Waals surface area contributed by atoms with Gasteiger partial charge in [0.15, 0.2) is 0 Å². The van der Waals surface area contributed by atoms with E-state index in [1.165, 1.54) is 12.5 Å². The van der Waals surface area contributed by atoms with Crippen LogP contribution in [0.2, 0.25) is 0 Å². The van der Waals surface area contributed by atoms with Crippen molar-refractivity contribution in [2.45, 2.75) is 6.04 Å². The minimum atomic E-state index is -0.153. The molecule has 1 unspecified atom stereocenters. The first-order chi connectivity index (χ1) is 13.7. The van der Waals surface area contributed by atoms with Gasteiger partial charge in [-0.2, -0.15) is 11.3 Å². The number of carbonyl (C=O) groups excluding carboxylic acids is 1. The molecule has 1 N–H and O–H groups in total. The van der Waals surface area contributed by atoms with Crippen LogP contribution in [0.15, 0.2) is 63.0 Å². The van der Waals surface area contributed by atoms with Gasteiger partial charge < -0.3 is 19.4 Å². The van der Waals surface area contributed by atoms with Crippen LogP contribution in [-0.2, 0) is 0 Å². The number of ether oxygens (including phenoxy) is 1. The number of carbonyl (C=O) groups is 1. The minimum Gasteiger partial charge on any atom is -0.497 e. The SMILES string of the molecule is COc1ccc2c(c1)N(C)C(CNC(=O)c1ccoc1)CN=C2c1ccsc1. The lowest BCUT2D eigenvalue weighted by atomic mass is 10.0. The van der Waals surface area contributed by atoms with E-state index in [4.69, 9.17) is 14.1 Å². The van der Waals surface area contributed by atoms with Gasteiger partial charge in [0.05, 0.1) is 37.2 Å². The van der Waals surface area contributed by atoms with Crippen molar-refractivity contribution in [3.05, 3.63) is 70.3 Å². The van der Waals surface area contributed by atoms with Gasteiger partial charge in [-0.3, -0.25) is 9.79 Å². The zero-order valence-electron chi connectivity index (χ0n) is 15.7. The van der Waals surface area contributed by atoms with Gasteiger partial charge in [0.1, 0.15) is 12.0 Å². The minimum absolute atomic E-state index is 0.0119. The Morgan fingerprint density at radius 3 is 3.00 bits per heavy atom. The van der Waals surface area contributed by atoms with Crippen molar-refractivity contribution in [1.82, 2.24) is 5.32 Å². The number of fused-ring (bicyclic) bond motifs is 1. The summed E-state index contributed by atoms with van der Waals surface area (Å²) in [5.41, 5.74) is 4.68.